The molecule has 4 heteroatoms. The molecule has 0 spiro atoms. The summed E-state index contributed by atoms with van der Waals surface area (Å²) in [5.74, 6) is 0. The van der Waals surface area contributed by atoms with E-state index in [1.165, 1.54) is 5.56 Å². The zero-order valence-corrected chi connectivity index (χ0v) is 16.6. The molecule has 0 saturated heterocycles. The summed E-state index contributed by atoms with van der Waals surface area (Å²) in [5.41, 5.74) is 2.21. The molecule has 0 bridgehead atoms. The van der Waals surface area contributed by atoms with Crippen LogP contribution in [0.25, 0.3) is 10.9 Å². The summed E-state index contributed by atoms with van der Waals surface area (Å²) in [6.07, 6.45) is 3.60. The van der Waals surface area contributed by atoms with Crippen LogP contribution in [-0.2, 0) is 16.3 Å². The van der Waals surface area contributed by atoms with Crippen LogP contribution in [0.5, 0.6) is 0 Å². The van der Waals surface area contributed by atoms with Crippen LogP contribution < -0.4 is 0 Å². The minimum Gasteiger partial charge on any atom is -0.343 e. The van der Waals surface area contributed by atoms with E-state index in [4.69, 9.17) is 0 Å². The number of para-hydroxylation sites is 1. The normalized spacial score (nSPS) is 12.9. The monoisotopic (exact) mass is 389 g/mol. The Bertz CT molecular complexity index is 1180. The number of nitrogens with zero attached hydrogens (tertiary/aromatic N) is 1. The number of sulfone groups is 1. The fraction of sp³-hybridized carbons (Fsp3) is 0.167. The fourth-order valence-electron chi connectivity index (χ4n) is 3.74. The highest BCUT2D eigenvalue weighted by molar-refractivity contribution is 7.91. The molecule has 4 aromatic rings. The Balaban J connectivity index is 1.85. The molecule has 142 valence electrons. The molecule has 0 N–H and O–H groups in total. The lowest BCUT2D eigenvalue weighted by atomic mass is 10.0. The Morgan fingerprint density at radius 2 is 1.43 bits per heavy atom. The van der Waals surface area contributed by atoms with E-state index in [9.17, 15) is 8.42 Å². The predicted octanol–water partition coefficient (Wildman–Crippen LogP) is 5.67. The van der Waals surface area contributed by atoms with Gasteiger partial charge in [0.05, 0.1) is 9.79 Å². The van der Waals surface area contributed by atoms with Gasteiger partial charge in [-0.1, -0.05) is 73.7 Å². The van der Waals surface area contributed by atoms with Gasteiger partial charge in [0.1, 0.15) is 0 Å². The SMILES string of the molecule is CCC(Cc1ccccc1)n1cc(S(=O)(=O)c2ccccc2)c2ccccc21. The van der Waals surface area contributed by atoms with Crippen molar-refractivity contribution in [1.29, 1.82) is 0 Å². The molecule has 1 atom stereocenters. The molecule has 0 saturated carbocycles. The van der Waals surface area contributed by atoms with E-state index in [0.29, 0.717) is 9.79 Å². The van der Waals surface area contributed by atoms with Gasteiger partial charge in [-0.2, -0.15) is 0 Å². The van der Waals surface area contributed by atoms with Gasteiger partial charge in [0.25, 0.3) is 0 Å². The van der Waals surface area contributed by atoms with Gasteiger partial charge in [0.2, 0.25) is 9.84 Å². The van der Waals surface area contributed by atoms with Crippen molar-refractivity contribution in [2.75, 3.05) is 0 Å². The molecule has 3 nitrogen and oxygen atoms in total. The minimum absolute atomic E-state index is 0.187. The second kappa shape index (κ2) is 7.64. The van der Waals surface area contributed by atoms with E-state index in [-0.39, 0.29) is 6.04 Å². The summed E-state index contributed by atoms with van der Waals surface area (Å²) >= 11 is 0. The second-order valence-electron chi connectivity index (χ2n) is 6.99. The first-order valence-electron chi connectivity index (χ1n) is 9.55. The Morgan fingerprint density at radius 3 is 2.11 bits per heavy atom. The van der Waals surface area contributed by atoms with E-state index in [2.05, 4.69) is 23.6 Å². The number of hydrogen-bond donors (Lipinski definition) is 0. The molecule has 0 fully saturated rings. The van der Waals surface area contributed by atoms with Crippen LogP contribution in [0.2, 0.25) is 0 Å². The van der Waals surface area contributed by atoms with Gasteiger partial charge >= 0.3 is 0 Å². The minimum atomic E-state index is -3.58. The van der Waals surface area contributed by atoms with Crippen molar-refractivity contribution in [3.05, 3.63) is 96.7 Å². The number of aromatic nitrogens is 1. The Kier molecular flexibility index (Phi) is 5.05. The van der Waals surface area contributed by atoms with Crippen molar-refractivity contribution in [2.24, 2.45) is 0 Å². The van der Waals surface area contributed by atoms with E-state index in [1.807, 2.05) is 54.7 Å². The molecule has 1 unspecified atom stereocenters. The van der Waals surface area contributed by atoms with Gasteiger partial charge in [0, 0.05) is 23.1 Å². The number of benzene rings is 3. The van der Waals surface area contributed by atoms with Crippen molar-refractivity contribution in [2.45, 2.75) is 35.6 Å². The maximum absolute atomic E-state index is 13.3. The Hall–Kier alpha value is -2.85. The third-order valence-corrected chi connectivity index (χ3v) is 7.02. The Morgan fingerprint density at radius 1 is 0.821 bits per heavy atom. The van der Waals surface area contributed by atoms with E-state index in [0.717, 1.165) is 23.7 Å². The molecule has 1 heterocycles. The van der Waals surface area contributed by atoms with E-state index in [1.54, 1.807) is 24.3 Å². The third kappa shape index (κ3) is 3.36. The zero-order valence-electron chi connectivity index (χ0n) is 15.8. The van der Waals surface area contributed by atoms with Gasteiger partial charge in [-0.3, -0.25) is 0 Å². The maximum Gasteiger partial charge on any atom is 0.208 e. The smallest absolute Gasteiger partial charge is 0.208 e. The van der Waals surface area contributed by atoms with E-state index < -0.39 is 9.84 Å². The predicted molar refractivity (Wildman–Crippen MR) is 113 cm³/mol. The summed E-state index contributed by atoms with van der Waals surface area (Å²) in [4.78, 5) is 0.704. The quantitative estimate of drug-likeness (QED) is 0.426. The number of hydrogen-bond acceptors (Lipinski definition) is 2. The molecule has 0 aliphatic heterocycles. The van der Waals surface area contributed by atoms with Gasteiger partial charge < -0.3 is 4.57 Å². The molecule has 0 aliphatic carbocycles. The highest BCUT2D eigenvalue weighted by atomic mass is 32.2. The molecular formula is C24H23NO2S. The third-order valence-electron chi connectivity index (χ3n) is 5.23. The molecule has 4 rings (SSSR count). The summed E-state index contributed by atoms with van der Waals surface area (Å²) in [7, 11) is -3.58. The van der Waals surface area contributed by atoms with Gasteiger partial charge in [-0.15, -0.1) is 0 Å². The van der Waals surface area contributed by atoms with Crippen molar-refractivity contribution < 1.29 is 8.42 Å². The van der Waals surface area contributed by atoms with Crippen LogP contribution in [0, 0.1) is 0 Å². The summed E-state index contributed by atoms with van der Waals surface area (Å²) in [6, 6.07) is 27.0. The molecule has 3 aromatic carbocycles. The average Bonchev–Trinajstić information content (AvgIpc) is 3.14. The first-order chi connectivity index (χ1) is 13.6. The molecule has 1 aromatic heterocycles. The van der Waals surface area contributed by atoms with Crippen molar-refractivity contribution in [3.8, 4) is 0 Å². The van der Waals surface area contributed by atoms with Crippen LogP contribution in [0.1, 0.15) is 24.9 Å². The van der Waals surface area contributed by atoms with Crippen molar-refractivity contribution in [1.82, 2.24) is 4.57 Å². The lowest BCUT2D eigenvalue weighted by molar-refractivity contribution is 0.495. The Labute approximate surface area is 166 Å². The first kappa shape index (κ1) is 18.5. The van der Waals surface area contributed by atoms with Gasteiger partial charge in [-0.05, 0) is 36.6 Å². The largest absolute Gasteiger partial charge is 0.343 e. The molecule has 0 aliphatic rings. The summed E-state index contributed by atoms with van der Waals surface area (Å²) in [6.45, 7) is 2.15. The highest BCUT2D eigenvalue weighted by Crippen LogP contribution is 2.33. The zero-order chi connectivity index (χ0) is 19.6. The highest BCUT2D eigenvalue weighted by Gasteiger charge is 2.25. The van der Waals surface area contributed by atoms with Gasteiger partial charge in [-0.25, -0.2) is 8.42 Å². The van der Waals surface area contributed by atoms with Gasteiger partial charge in [0.15, 0.2) is 0 Å². The summed E-state index contributed by atoms with van der Waals surface area (Å²) in [5, 5.41) is 0.776. The van der Waals surface area contributed by atoms with Crippen LogP contribution in [0.3, 0.4) is 0 Å². The van der Waals surface area contributed by atoms with E-state index >= 15 is 0 Å². The fourth-order valence-corrected chi connectivity index (χ4v) is 5.22. The van der Waals surface area contributed by atoms with Crippen LogP contribution in [0.4, 0.5) is 0 Å². The topological polar surface area (TPSA) is 39.1 Å². The lowest BCUT2D eigenvalue weighted by Gasteiger charge is -2.18. The molecular weight excluding hydrogens is 366 g/mol. The average molecular weight is 390 g/mol. The standard InChI is InChI=1S/C24H23NO2S/c1-2-20(17-19-11-5-3-6-12-19)25-18-24(22-15-9-10-16-23(22)25)28(26,27)21-13-7-4-8-14-21/h3-16,18,20H,2,17H2,1H3. The molecule has 0 radical (unpaired) electrons. The second-order valence-corrected chi connectivity index (χ2v) is 8.90. The van der Waals surface area contributed by atoms with Crippen LogP contribution in [0.15, 0.2) is 101 Å². The van der Waals surface area contributed by atoms with Crippen molar-refractivity contribution >= 4 is 20.7 Å². The summed E-state index contributed by atoms with van der Waals surface area (Å²) < 4.78 is 28.8. The number of fused-ring (bicyclic) bond motifs is 1. The molecule has 0 amide bonds. The molecule has 28 heavy (non-hydrogen) atoms. The lowest BCUT2D eigenvalue weighted by Crippen LogP contribution is -2.10. The first-order valence-corrected chi connectivity index (χ1v) is 11.0. The maximum atomic E-state index is 13.3. The van der Waals surface area contributed by atoms with Crippen LogP contribution >= 0.6 is 0 Å². The van der Waals surface area contributed by atoms with Crippen LogP contribution in [-0.4, -0.2) is 13.0 Å². The van der Waals surface area contributed by atoms with Crippen molar-refractivity contribution in [3.63, 3.8) is 0 Å². The number of rotatable bonds is 6.